The van der Waals surface area contributed by atoms with Crippen LogP contribution in [0.15, 0.2) is 24.3 Å². The molecule has 1 aromatic carbocycles. The first kappa shape index (κ1) is 14.2. The summed E-state index contributed by atoms with van der Waals surface area (Å²) in [6.45, 7) is 2.22. The van der Waals surface area contributed by atoms with E-state index in [4.69, 9.17) is 22.1 Å². The highest BCUT2D eigenvalue weighted by atomic mass is 35.5. The molecule has 1 atom stereocenters. The molecule has 1 aliphatic carbocycles. The van der Waals surface area contributed by atoms with Gasteiger partial charge in [-0.05, 0) is 44.4 Å². The number of halogens is 1. The van der Waals surface area contributed by atoms with Gasteiger partial charge in [-0.2, -0.15) is 0 Å². The highest BCUT2D eigenvalue weighted by Gasteiger charge is 2.33. The number of amides is 1. The van der Waals surface area contributed by atoms with E-state index in [0.29, 0.717) is 17.3 Å². The van der Waals surface area contributed by atoms with Gasteiger partial charge in [-0.15, -0.1) is 0 Å². The van der Waals surface area contributed by atoms with Crippen LogP contribution in [0.2, 0.25) is 5.02 Å². The molecule has 0 saturated heterocycles. The molecule has 1 unspecified atom stereocenters. The van der Waals surface area contributed by atoms with Crippen LogP contribution in [0, 0.1) is 0 Å². The van der Waals surface area contributed by atoms with Gasteiger partial charge in [0.2, 0.25) is 0 Å². The van der Waals surface area contributed by atoms with Gasteiger partial charge in [0.05, 0.1) is 0 Å². The van der Waals surface area contributed by atoms with Crippen LogP contribution in [-0.2, 0) is 4.79 Å². The van der Waals surface area contributed by atoms with Gasteiger partial charge in [0, 0.05) is 17.1 Å². The van der Waals surface area contributed by atoms with Crippen LogP contribution in [0.4, 0.5) is 0 Å². The lowest BCUT2D eigenvalue weighted by molar-refractivity contribution is -0.127. The molecule has 0 aliphatic heterocycles. The molecule has 5 heteroatoms. The molecule has 1 aromatic rings. The number of ether oxygens (including phenoxy) is 1. The van der Waals surface area contributed by atoms with Crippen molar-refractivity contribution in [3.8, 4) is 5.75 Å². The van der Waals surface area contributed by atoms with Crippen LogP contribution in [0.3, 0.4) is 0 Å². The minimum atomic E-state index is -0.567. The zero-order chi connectivity index (χ0) is 13.9. The summed E-state index contributed by atoms with van der Waals surface area (Å²) >= 11 is 5.86. The topological polar surface area (TPSA) is 64.3 Å². The van der Waals surface area contributed by atoms with Gasteiger partial charge in [-0.3, -0.25) is 4.79 Å². The zero-order valence-electron chi connectivity index (χ0n) is 11.0. The fourth-order valence-electron chi connectivity index (χ4n) is 2.01. The summed E-state index contributed by atoms with van der Waals surface area (Å²) in [6.07, 6.45) is 2.51. The molecule has 0 spiro atoms. The summed E-state index contributed by atoms with van der Waals surface area (Å²) in [5.74, 6) is 0.429. The molecular weight excluding hydrogens is 264 g/mol. The van der Waals surface area contributed by atoms with E-state index in [9.17, 15) is 4.79 Å². The van der Waals surface area contributed by atoms with E-state index in [-0.39, 0.29) is 11.4 Å². The third-order valence-corrected chi connectivity index (χ3v) is 3.68. The van der Waals surface area contributed by atoms with E-state index in [1.807, 2.05) is 0 Å². The van der Waals surface area contributed by atoms with Gasteiger partial charge < -0.3 is 15.8 Å². The molecule has 3 N–H and O–H groups in total. The summed E-state index contributed by atoms with van der Waals surface area (Å²) < 4.78 is 5.54. The van der Waals surface area contributed by atoms with Gasteiger partial charge in [-0.25, -0.2) is 0 Å². The molecule has 104 valence electrons. The number of hydrogen-bond acceptors (Lipinski definition) is 3. The predicted molar refractivity (Wildman–Crippen MR) is 75.3 cm³/mol. The molecule has 0 bridgehead atoms. The number of rotatable bonds is 5. The van der Waals surface area contributed by atoms with Crippen molar-refractivity contribution in [1.29, 1.82) is 0 Å². The smallest absolute Gasteiger partial charge is 0.260 e. The summed E-state index contributed by atoms with van der Waals surface area (Å²) in [7, 11) is 0. The fourth-order valence-corrected chi connectivity index (χ4v) is 2.19. The Morgan fingerprint density at radius 3 is 2.89 bits per heavy atom. The number of nitrogens with one attached hydrogen (secondary N) is 1. The second-order valence-electron chi connectivity index (χ2n) is 5.15. The van der Waals surface area contributed by atoms with Crippen molar-refractivity contribution in [3.05, 3.63) is 29.3 Å². The van der Waals surface area contributed by atoms with Gasteiger partial charge >= 0.3 is 0 Å². The summed E-state index contributed by atoms with van der Waals surface area (Å²) in [5.41, 5.74) is 5.83. The Morgan fingerprint density at radius 1 is 1.58 bits per heavy atom. The molecule has 0 aromatic heterocycles. The lowest BCUT2D eigenvalue weighted by atomic mass is 9.78. The fraction of sp³-hybridized carbons (Fsp3) is 0.500. The maximum atomic E-state index is 11.9. The van der Waals surface area contributed by atoms with E-state index in [0.717, 1.165) is 19.3 Å². The molecule has 1 saturated carbocycles. The van der Waals surface area contributed by atoms with E-state index in [1.165, 1.54) is 0 Å². The molecular formula is C14H19ClN2O2. The lowest BCUT2D eigenvalue weighted by Crippen LogP contribution is -2.56. The van der Waals surface area contributed by atoms with Crippen molar-refractivity contribution in [2.75, 3.05) is 6.54 Å². The third kappa shape index (κ3) is 3.85. The lowest BCUT2D eigenvalue weighted by Gasteiger charge is -2.38. The number of benzene rings is 1. The largest absolute Gasteiger partial charge is 0.481 e. The maximum absolute atomic E-state index is 11.9. The molecule has 1 fully saturated rings. The van der Waals surface area contributed by atoms with E-state index in [1.54, 1.807) is 31.2 Å². The molecule has 4 nitrogen and oxygen atoms in total. The molecule has 0 heterocycles. The molecule has 2 rings (SSSR count). The first-order chi connectivity index (χ1) is 8.98. The summed E-state index contributed by atoms with van der Waals surface area (Å²) in [4.78, 5) is 11.9. The van der Waals surface area contributed by atoms with Crippen LogP contribution in [-0.4, -0.2) is 24.1 Å². The van der Waals surface area contributed by atoms with Crippen molar-refractivity contribution in [2.24, 2.45) is 5.73 Å². The summed E-state index contributed by atoms with van der Waals surface area (Å²) in [5, 5.41) is 3.42. The Morgan fingerprint density at radius 2 is 2.32 bits per heavy atom. The standard InChI is InChI=1S/C14H19ClN2O2/c1-10(19-12-5-2-4-11(15)8-12)13(18)17-9-14(16)6-3-7-14/h2,4-5,8,10H,3,6-7,9,16H2,1H3,(H,17,18). The molecule has 0 radical (unpaired) electrons. The second kappa shape index (κ2) is 5.80. The number of nitrogens with two attached hydrogens (primary N) is 1. The third-order valence-electron chi connectivity index (χ3n) is 3.44. The maximum Gasteiger partial charge on any atom is 0.260 e. The first-order valence-electron chi connectivity index (χ1n) is 6.47. The summed E-state index contributed by atoms with van der Waals surface area (Å²) in [6, 6.07) is 6.99. The van der Waals surface area contributed by atoms with Crippen LogP contribution in [0.25, 0.3) is 0 Å². The Hall–Kier alpha value is -1.26. The number of carbonyl (C=O) groups is 1. The van der Waals surface area contributed by atoms with Crippen molar-refractivity contribution in [1.82, 2.24) is 5.32 Å². The molecule has 1 amide bonds. The second-order valence-corrected chi connectivity index (χ2v) is 5.59. The number of hydrogen-bond donors (Lipinski definition) is 2. The van der Waals surface area contributed by atoms with Crippen molar-refractivity contribution in [2.45, 2.75) is 37.8 Å². The van der Waals surface area contributed by atoms with E-state index >= 15 is 0 Å². The van der Waals surface area contributed by atoms with Crippen molar-refractivity contribution >= 4 is 17.5 Å². The Labute approximate surface area is 118 Å². The van der Waals surface area contributed by atoms with Gasteiger partial charge in [0.25, 0.3) is 5.91 Å². The van der Waals surface area contributed by atoms with Gasteiger partial charge in [0.15, 0.2) is 6.10 Å². The predicted octanol–water partition coefficient (Wildman–Crippen LogP) is 2.10. The van der Waals surface area contributed by atoms with Gasteiger partial charge in [-0.1, -0.05) is 17.7 Å². The average molecular weight is 283 g/mol. The molecule has 19 heavy (non-hydrogen) atoms. The van der Waals surface area contributed by atoms with E-state index < -0.39 is 6.10 Å². The quantitative estimate of drug-likeness (QED) is 0.869. The SMILES string of the molecule is CC(Oc1cccc(Cl)c1)C(=O)NCC1(N)CCC1. The van der Waals surface area contributed by atoms with Crippen LogP contribution in [0.5, 0.6) is 5.75 Å². The minimum Gasteiger partial charge on any atom is -0.481 e. The number of carbonyl (C=O) groups excluding carboxylic acids is 1. The first-order valence-corrected chi connectivity index (χ1v) is 6.85. The zero-order valence-corrected chi connectivity index (χ0v) is 11.7. The van der Waals surface area contributed by atoms with Crippen LogP contribution < -0.4 is 15.8 Å². The highest BCUT2D eigenvalue weighted by Crippen LogP contribution is 2.28. The normalized spacial score (nSPS) is 18.3. The Balaban J connectivity index is 1.82. The van der Waals surface area contributed by atoms with Crippen LogP contribution in [0.1, 0.15) is 26.2 Å². The van der Waals surface area contributed by atoms with E-state index in [2.05, 4.69) is 5.32 Å². The Bertz CT molecular complexity index is 461. The van der Waals surface area contributed by atoms with Crippen LogP contribution >= 0.6 is 11.6 Å². The molecule has 1 aliphatic rings. The monoisotopic (exact) mass is 282 g/mol. The van der Waals surface area contributed by atoms with Crippen molar-refractivity contribution in [3.63, 3.8) is 0 Å². The average Bonchev–Trinajstić information content (AvgIpc) is 2.33. The van der Waals surface area contributed by atoms with Gasteiger partial charge in [0.1, 0.15) is 5.75 Å². The Kier molecular flexibility index (Phi) is 4.32. The minimum absolute atomic E-state index is 0.156. The van der Waals surface area contributed by atoms with Crippen molar-refractivity contribution < 1.29 is 9.53 Å². The highest BCUT2D eigenvalue weighted by molar-refractivity contribution is 6.30.